The number of ether oxygens (including phenoxy) is 2. The van der Waals surface area contributed by atoms with Crippen LogP contribution in [0.1, 0.15) is 50.3 Å². The van der Waals surface area contributed by atoms with Gasteiger partial charge in [0.1, 0.15) is 35.2 Å². The van der Waals surface area contributed by atoms with Gasteiger partial charge in [0.25, 0.3) is 0 Å². The zero-order chi connectivity index (χ0) is 29.0. The minimum absolute atomic E-state index is 0.0144. The first-order chi connectivity index (χ1) is 20.4. The molecule has 4 aromatic rings. The summed E-state index contributed by atoms with van der Waals surface area (Å²) in [6, 6.07) is 6.09. The van der Waals surface area contributed by atoms with E-state index in [1.165, 1.54) is 12.1 Å². The molecule has 10 heteroatoms. The van der Waals surface area contributed by atoms with Gasteiger partial charge in [-0.05, 0) is 86.1 Å². The van der Waals surface area contributed by atoms with E-state index in [1.54, 1.807) is 19.2 Å². The highest BCUT2D eigenvalue weighted by molar-refractivity contribution is 6.02. The van der Waals surface area contributed by atoms with Crippen molar-refractivity contribution in [3.05, 3.63) is 47.2 Å². The molecule has 0 saturated carbocycles. The number of benzene rings is 2. The molecule has 0 amide bonds. The van der Waals surface area contributed by atoms with Crippen LogP contribution in [0.25, 0.3) is 32.9 Å². The van der Waals surface area contributed by atoms with Gasteiger partial charge in [-0.2, -0.15) is 9.97 Å². The Morgan fingerprint density at radius 1 is 0.976 bits per heavy atom. The van der Waals surface area contributed by atoms with Crippen LogP contribution in [0.15, 0.2) is 24.3 Å². The first kappa shape index (κ1) is 27.2. The van der Waals surface area contributed by atoms with Crippen LogP contribution >= 0.6 is 0 Å². The first-order valence-electron chi connectivity index (χ1n) is 14.9. The van der Waals surface area contributed by atoms with Crippen LogP contribution in [0.2, 0.25) is 0 Å². The fourth-order valence-corrected chi connectivity index (χ4v) is 7.14. The van der Waals surface area contributed by atoms with Gasteiger partial charge >= 0.3 is 6.01 Å². The second-order valence-corrected chi connectivity index (χ2v) is 11.7. The van der Waals surface area contributed by atoms with Crippen molar-refractivity contribution in [1.29, 1.82) is 0 Å². The van der Waals surface area contributed by atoms with Gasteiger partial charge in [0.15, 0.2) is 5.82 Å². The molecule has 3 aliphatic heterocycles. The number of phenolic OH excluding ortho intramolecular Hbond substituents is 1. The zero-order valence-corrected chi connectivity index (χ0v) is 24.1. The van der Waals surface area contributed by atoms with Crippen LogP contribution in [-0.2, 0) is 17.8 Å². The summed E-state index contributed by atoms with van der Waals surface area (Å²) in [5.41, 5.74) is 1.25. The van der Waals surface area contributed by atoms with Gasteiger partial charge < -0.3 is 19.5 Å². The molecule has 0 radical (unpaired) electrons. The molecule has 0 unspecified atom stereocenters. The zero-order valence-electron chi connectivity index (χ0n) is 24.1. The molecule has 5 heterocycles. The fraction of sp³-hybridized carbons (Fsp3) is 0.469. The van der Waals surface area contributed by atoms with E-state index in [0.717, 1.165) is 58.3 Å². The molecule has 3 saturated heterocycles. The van der Waals surface area contributed by atoms with Crippen LogP contribution < -0.4 is 9.64 Å². The summed E-state index contributed by atoms with van der Waals surface area (Å²) in [5, 5.41) is 12.2. The number of hydrogen-bond donors (Lipinski definition) is 1. The molecule has 3 fully saturated rings. The Hall–Kier alpha value is -3.63. The molecule has 0 spiro atoms. The summed E-state index contributed by atoms with van der Waals surface area (Å²) in [4.78, 5) is 18.8. The average Bonchev–Trinajstić information content (AvgIpc) is 3.53. The normalized spacial score (nSPS) is 18.1. The Balaban J connectivity index is 1.44. The summed E-state index contributed by atoms with van der Waals surface area (Å²) in [6.07, 6.45) is 5.82. The lowest BCUT2D eigenvalue weighted by atomic mass is 9.94. The fourth-order valence-electron chi connectivity index (χ4n) is 7.14. The van der Waals surface area contributed by atoms with Crippen molar-refractivity contribution in [2.24, 2.45) is 0 Å². The summed E-state index contributed by atoms with van der Waals surface area (Å²) in [6.45, 7) is 6.12. The number of aromatic hydroxyl groups is 1. The number of pyridine rings is 1. The minimum atomic E-state index is -0.668. The smallest absolute Gasteiger partial charge is 0.319 e. The van der Waals surface area contributed by atoms with Crippen LogP contribution in [0.4, 0.5) is 14.6 Å². The third-order valence-corrected chi connectivity index (χ3v) is 9.30. The SMILES string of the molecule is CCc1c(F)ccc2cc(O)cc(-c3nc(COC)c4c(N5CCC5)nc(OCC56CCCN5CCC6)nc4c3F)c12. The van der Waals surface area contributed by atoms with E-state index in [2.05, 4.69) is 14.8 Å². The van der Waals surface area contributed by atoms with Crippen molar-refractivity contribution in [3.63, 3.8) is 0 Å². The second kappa shape index (κ2) is 10.6. The third kappa shape index (κ3) is 4.34. The lowest BCUT2D eigenvalue weighted by Crippen LogP contribution is -2.43. The Morgan fingerprint density at radius 2 is 1.76 bits per heavy atom. The number of aromatic nitrogens is 3. The second-order valence-electron chi connectivity index (χ2n) is 11.7. The number of halogens is 2. The average molecular weight is 576 g/mol. The first-order valence-corrected chi connectivity index (χ1v) is 14.9. The lowest BCUT2D eigenvalue weighted by molar-refractivity contribution is 0.108. The standard InChI is InChI=1S/C32H35F2N5O3/c1-3-21-23(33)8-7-19-15-20(40)16-22(25(19)21)28-27(34)29-26(24(35-28)17-41-2)30(38-11-6-12-38)37-31(36-29)42-18-32-9-4-13-39(32)14-5-10-32/h7-8,15-16,40H,3-6,9-14,17-18H2,1-2H3. The lowest BCUT2D eigenvalue weighted by Gasteiger charge is -2.34. The van der Waals surface area contributed by atoms with E-state index in [-0.39, 0.29) is 40.9 Å². The molecular formula is C32H35F2N5O3. The predicted molar refractivity (Wildman–Crippen MR) is 157 cm³/mol. The van der Waals surface area contributed by atoms with E-state index in [0.29, 0.717) is 51.8 Å². The van der Waals surface area contributed by atoms with E-state index in [9.17, 15) is 9.50 Å². The molecule has 8 nitrogen and oxygen atoms in total. The van der Waals surface area contributed by atoms with Gasteiger partial charge in [0.05, 0.1) is 23.2 Å². The van der Waals surface area contributed by atoms with Crippen molar-refractivity contribution in [2.75, 3.05) is 44.8 Å². The molecule has 220 valence electrons. The van der Waals surface area contributed by atoms with Crippen molar-refractivity contribution in [3.8, 4) is 23.0 Å². The monoisotopic (exact) mass is 575 g/mol. The topological polar surface area (TPSA) is 83.8 Å². The van der Waals surface area contributed by atoms with Gasteiger partial charge in [0.2, 0.25) is 0 Å². The predicted octanol–water partition coefficient (Wildman–Crippen LogP) is 5.75. The minimum Gasteiger partial charge on any atom is -0.508 e. The number of methoxy groups -OCH3 is 1. The third-order valence-electron chi connectivity index (χ3n) is 9.30. The van der Waals surface area contributed by atoms with Crippen LogP contribution in [0, 0.1) is 11.6 Å². The molecule has 3 aliphatic rings. The number of nitrogens with zero attached hydrogens (tertiary/aromatic N) is 5. The van der Waals surface area contributed by atoms with Crippen LogP contribution in [-0.4, -0.2) is 70.4 Å². The molecule has 0 aliphatic carbocycles. The maximum absolute atomic E-state index is 16.8. The summed E-state index contributed by atoms with van der Waals surface area (Å²) < 4.78 is 43.6. The number of aryl methyl sites for hydroxylation is 1. The van der Waals surface area contributed by atoms with Crippen molar-refractivity contribution >= 4 is 27.5 Å². The van der Waals surface area contributed by atoms with Crippen LogP contribution in [0.5, 0.6) is 11.8 Å². The molecule has 2 aromatic heterocycles. The van der Waals surface area contributed by atoms with E-state index in [4.69, 9.17) is 19.4 Å². The maximum Gasteiger partial charge on any atom is 0.319 e. The Labute approximate surface area is 243 Å². The van der Waals surface area contributed by atoms with Crippen molar-refractivity contribution in [2.45, 2.75) is 57.6 Å². The highest BCUT2D eigenvalue weighted by atomic mass is 19.1. The van der Waals surface area contributed by atoms with Gasteiger partial charge in [-0.15, -0.1) is 0 Å². The Kier molecular flexibility index (Phi) is 6.85. The van der Waals surface area contributed by atoms with Crippen LogP contribution in [0.3, 0.4) is 0 Å². The maximum atomic E-state index is 16.8. The summed E-state index contributed by atoms with van der Waals surface area (Å²) >= 11 is 0. The van der Waals surface area contributed by atoms with Gasteiger partial charge in [0, 0.05) is 25.8 Å². The molecule has 7 rings (SSSR count). The summed E-state index contributed by atoms with van der Waals surface area (Å²) in [7, 11) is 1.56. The number of fused-ring (bicyclic) bond motifs is 3. The molecule has 0 bridgehead atoms. The number of rotatable bonds is 8. The number of phenols is 1. The quantitative estimate of drug-likeness (QED) is 0.284. The van der Waals surface area contributed by atoms with E-state index in [1.807, 2.05) is 6.92 Å². The van der Waals surface area contributed by atoms with E-state index < -0.39 is 5.82 Å². The number of hydrogen-bond acceptors (Lipinski definition) is 8. The van der Waals surface area contributed by atoms with Gasteiger partial charge in [-0.25, -0.2) is 13.8 Å². The summed E-state index contributed by atoms with van der Waals surface area (Å²) in [5.74, 6) is -0.538. The van der Waals surface area contributed by atoms with Gasteiger partial charge in [-0.3, -0.25) is 4.90 Å². The van der Waals surface area contributed by atoms with E-state index >= 15 is 4.39 Å². The number of anilines is 1. The molecule has 0 atom stereocenters. The molecular weight excluding hydrogens is 540 g/mol. The molecule has 42 heavy (non-hydrogen) atoms. The van der Waals surface area contributed by atoms with Crippen molar-refractivity contribution < 1.29 is 23.4 Å². The highest BCUT2D eigenvalue weighted by Crippen LogP contribution is 2.42. The molecule has 1 N–H and O–H groups in total. The molecule has 2 aromatic carbocycles. The largest absolute Gasteiger partial charge is 0.508 e. The Bertz CT molecular complexity index is 1680. The van der Waals surface area contributed by atoms with Crippen molar-refractivity contribution in [1.82, 2.24) is 19.9 Å². The van der Waals surface area contributed by atoms with Gasteiger partial charge in [-0.1, -0.05) is 13.0 Å². The Morgan fingerprint density at radius 3 is 2.45 bits per heavy atom. The highest BCUT2D eigenvalue weighted by Gasteiger charge is 2.45.